The second kappa shape index (κ2) is 9.47. The Morgan fingerprint density at radius 2 is 1.34 bits per heavy atom. The summed E-state index contributed by atoms with van der Waals surface area (Å²) < 4.78 is 0. The van der Waals surface area contributed by atoms with Crippen molar-refractivity contribution < 1.29 is 0 Å². The minimum absolute atomic E-state index is 1.06. The molecule has 0 saturated heterocycles. The maximum Gasteiger partial charge on any atom is 0.0701 e. The number of fused-ring (bicyclic) bond motifs is 3. The first-order chi connectivity index (χ1) is 14.4. The maximum atomic E-state index is 4.18. The van der Waals surface area contributed by atoms with Gasteiger partial charge in [-0.2, -0.15) is 0 Å². The van der Waals surface area contributed by atoms with Crippen LogP contribution in [0.5, 0.6) is 0 Å². The summed E-state index contributed by atoms with van der Waals surface area (Å²) in [5.74, 6) is 0. The Morgan fingerprint density at radius 3 is 2.17 bits per heavy atom. The van der Waals surface area contributed by atoms with Crippen molar-refractivity contribution in [2.45, 2.75) is 6.42 Å². The smallest absolute Gasteiger partial charge is 0.0701 e. The molecule has 3 nitrogen and oxygen atoms in total. The van der Waals surface area contributed by atoms with E-state index in [9.17, 15) is 0 Å². The minimum atomic E-state index is 1.06. The fourth-order valence-corrected chi connectivity index (χ4v) is 3.29. The van der Waals surface area contributed by atoms with Crippen molar-refractivity contribution in [1.82, 2.24) is 9.97 Å². The summed E-state index contributed by atoms with van der Waals surface area (Å²) in [7, 11) is 0. The second-order valence-corrected chi connectivity index (χ2v) is 6.75. The number of benzene rings is 3. The van der Waals surface area contributed by atoms with Crippen LogP contribution in [0.2, 0.25) is 0 Å². The molecule has 0 bridgehead atoms. The lowest BCUT2D eigenvalue weighted by Crippen LogP contribution is -1.90. The Kier molecular flexibility index (Phi) is 6.08. The lowest BCUT2D eigenvalue weighted by molar-refractivity contribution is 1.11. The fourth-order valence-electron chi connectivity index (χ4n) is 3.29. The maximum absolute atomic E-state index is 4.18. The van der Waals surface area contributed by atoms with Crippen molar-refractivity contribution in [3.05, 3.63) is 115 Å². The standard InChI is InChI=1S/2C9H7N.C8H9N/c1-2-6-9-8(4-1)5-3-7-10-9;1-2-4-9-7-10-6-5-8(9)3-1;1-2-4-8-7(3-1)5-6-9-8/h2*1-7H;1-4,9H,5-6H2. The van der Waals surface area contributed by atoms with Crippen LogP contribution in [-0.2, 0) is 6.42 Å². The number of rotatable bonds is 0. The Balaban J connectivity index is 0.000000106. The zero-order chi connectivity index (χ0) is 19.7. The predicted octanol–water partition coefficient (Wildman–Crippen LogP) is 6.12. The summed E-state index contributed by atoms with van der Waals surface area (Å²) in [5, 5.41) is 6.95. The molecule has 0 fully saturated rings. The number of anilines is 1. The molecule has 1 aliphatic heterocycles. The van der Waals surface area contributed by atoms with Crippen LogP contribution in [0.15, 0.2) is 110 Å². The zero-order valence-electron chi connectivity index (χ0n) is 16.2. The van der Waals surface area contributed by atoms with E-state index in [-0.39, 0.29) is 0 Å². The molecule has 142 valence electrons. The largest absolute Gasteiger partial charge is 0.384 e. The third-order valence-electron chi connectivity index (χ3n) is 4.79. The molecule has 0 aliphatic carbocycles. The molecule has 0 saturated carbocycles. The minimum Gasteiger partial charge on any atom is -0.384 e. The first-order valence-corrected chi connectivity index (χ1v) is 9.80. The average Bonchev–Trinajstić information content (AvgIpc) is 3.29. The molecule has 1 aliphatic rings. The first kappa shape index (κ1) is 18.6. The fraction of sp³-hybridized carbons (Fsp3) is 0.0769. The van der Waals surface area contributed by atoms with Gasteiger partial charge >= 0.3 is 0 Å². The Morgan fingerprint density at radius 1 is 0.621 bits per heavy atom. The molecule has 1 N–H and O–H groups in total. The molecule has 0 unspecified atom stereocenters. The predicted molar refractivity (Wildman–Crippen MR) is 122 cm³/mol. The van der Waals surface area contributed by atoms with Crippen LogP contribution in [0.4, 0.5) is 5.69 Å². The molecule has 3 aromatic carbocycles. The highest BCUT2D eigenvalue weighted by molar-refractivity contribution is 5.81. The molecular formula is C26H23N3. The summed E-state index contributed by atoms with van der Waals surface area (Å²) in [4.78, 5) is 8.19. The van der Waals surface area contributed by atoms with Crippen LogP contribution in [0, 0.1) is 0 Å². The van der Waals surface area contributed by atoms with Gasteiger partial charge in [0, 0.05) is 36.2 Å². The number of nitrogens with one attached hydrogen (secondary N) is 1. The Hall–Kier alpha value is -3.72. The molecule has 0 radical (unpaired) electrons. The van der Waals surface area contributed by atoms with Crippen molar-refractivity contribution >= 4 is 27.4 Å². The van der Waals surface area contributed by atoms with E-state index in [1.165, 1.54) is 33.8 Å². The van der Waals surface area contributed by atoms with Gasteiger partial charge in [-0.25, -0.2) is 0 Å². The van der Waals surface area contributed by atoms with Crippen LogP contribution >= 0.6 is 0 Å². The van der Waals surface area contributed by atoms with E-state index in [0.29, 0.717) is 0 Å². The van der Waals surface area contributed by atoms with Gasteiger partial charge in [-0.1, -0.05) is 66.7 Å². The van der Waals surface area contributed by atoms with E-state index in [2.05, 4.69) is 63.8 Å². The molecule has 2 aromatic heterocycles. The lowest BCUT2D eigenvalue weighted by atomic mass is 10.2. The molecular weight excluding hydrogens is 354 g/mol. The second-order valence-electron chi connectivity index (χ2n) is 6.75. The SMILES string of the molecule is c1ccc2c(c1)CCN2.c1ccc2cnccc2c1.c1ccc2ncccc2c1. The van der Waals surface area contributed by atoms with Crippen molar-refractivity contribution in [3.63, 3.8) is 0 Å². The number of nitrogens with zero attached hydrogens (tertiary/aromatic N) is 2. The van der Waals surface area contributed by atoms with Gasteiger partial charge in [-0.15, -0.1) is 0 Å². The Bertz CT molecular complexity index is 975. The van der Waals surface area contributed by atoms with Crippen molar-refractivity contribution in [3.8, 4) is 0 Å². The van der Waals surface area contributed by atoms with E-state index in [1.807, 2.05) is 61.1 Å². The molecule has 0 spiro atoms. The van der Waals surface area contributed by atoms with Gasteiger partial charge in [-0.3, -0.25) is 9.97 Å². The summed E-state index contributed by atoms with van der Waals surface area (Å²) in [6, 6.07) is 30.7. The molecule has 29 heavy (non-hydrogen) atoms. The third-order valence-corrected chi connectivity index (χ3v) is 4.79. The van der Waals surface area contributed by atoms with E-state index >= 15 is 0 Å². The van der Waals surface area contributed by atoms with Gasteiger partial charge in [0.15, 0.2) is 0 Å². The molecule has 3 heteroatoms. The van der Waals surface area contributed by atoms with Crippen molar-refractivity contribution in [2.24, 2.45) is 0 Å². The van der Waals surface area contributed by atoms with E-state index in [4.69, 9.17) is 0 Å². The molecule has 6 rings (SSSR count). The zero-order valence-corrected chi connectivity index (χ0v) is 16.2. The van der Waals surface area contributed by atoms with Gasteiger partial charge in [0.25, 0.3) is 0 Å². The van der Waals surface area contributed by atoms with Crippen LogP contribution in [-0.4, -0.2) is 16.5 Å². The Labute approximate surface area is 171 Å². The van der Waals surface area contributed by atoms with E-state index in [1.54, 1.807) is 0 Å². The highest BCUT2D eigenvalue weighted by atomic mass is 14.9. The van der Waals surface area contributed by atoms with Crippen molar-refractivity contribution in [2.75, 3.05) is 11.9 Å². The summed E-state index contributed by atoms with van der Waals surface area (Å²) in [6.07, 6.45) is 6.68. The quantitative estimate of drug-likeness (QED) is 0.353. The van der Waals surface area contributed by atoms with E-state index < -0.39 is 0 Å². The normalized spacial score (nSPS) is 11.4. The van der Waals surface area contributed by atoms with Gasteiger partial charge in [-0.05, 0) is 47.0 Å². The van der Waals surface area contributed by atoms with Gasteiger partial charge in [0.1, 0.15) is 0 Å². The first-order valence-electron chi connectivity index (χ1n) is 9.80. The van der Waals surface area contributed by atoms with Crippen LogP contribution in [0.25, 0.3) is 21.7 Å². The number of hydrogen-bond donors (Lipinski definition) is 1. The summed E-state index contributed by atoms with van der Waals surface area (Å²) in [6.45, 7) is 1.11. The van der Waals surface area contributed by atoms with Crippen LogP contribution < -0.4 is 5.32 Å². The molecule has 0 amide bonds. The lowest BCUT2D eigenvalue weighted by Gasteiger charge is -1.94. The number of aromatic nitrogens is 2. The highest BCUT2D eigenvalue weighted by Gasteiger charge is 2.05. The van der Waals surface area contributed by atoms with E-state index in [0.717, 1.165) is 12.1 Å². The number of para-hydroxylation sites is 2. The third kappa shape index (κ3) is 4.96. The van der Waals surface area contributed by atoms with Gasteiger partial charge in [0.05, 0.1) is 5.52 Å². The van der Waals surface area contributed by atoms with Crippen LogP contribution in [0.1, 0.15) is 5.56 Å². The van der Waals surface area contributed by atoms with Gasteiger partial charge < -0.3 is 5.32 Å². The topological polar surface area (TPSA) is 37.8 Å². The number of pyridine rings is 2. The molecule has 0 atom stereocenters. The monoisotopic (exact) mass is 377 g/mol. The van der Waals surface area contributed by atoms with Gasteiger partial charge in [0.2, 0.25) is 0 Å². The summed E-state index contributed by atoms with van der Waals surface area (Å²) in [5.41, 5.74) is 3.83. The van der Waals surface area contributed by atoms with Crippen LogP contribution in [0.3, 0.4) is 0 Å². The summed E-state index contributed by atoms with van der Waals surface area (Å²) >= 11 is 0. The average molecular weight is 377 g/mol. The molecule has 3 heterocycles. The molecule has 5 aromatic rings. The highest BCUT2D eigenvalue weighted by Crippen LogP contribution is 2.20. The van der Waals surface area contributed by atoms with Crippen molar-refractivity contribution in [1.29, 1.82) is 0 Å². The number of hydrogen-bond acceptors (Lipinski definition) is 3.